The maximum Gasteiger partial charge on any atom is 0.134 e. The zero-order chi connectivity index (χ0) is 12.5. The molecule has 0 saturated carbocycles. The van der Waals surface area contributed by atoms with Gasteiger partial charge in [-0.2, -0.15) is 0 Å². The van der Waals surface area contributed by atoms with E-state index in [9.17, 15) is 4.39 Å². The number of piperazine rings is 1. The Hall–Kier alpha value is -1.39. The number of hydrogen-bond donors (Lipinski definition) is 1. The van der Waals surface area contributed by atoms with Crippen LogP contribution in [-0.2, 0) is 6.42 Å². The number of hydrogen-bond acceptors (Lipinski definition) is 3. The van der Waals surface area contributed by atoms with Crippen LogP contribution in [0.1, 0.15) is 5.76 Å². The SMILES string of the molecule is CN1CCN[C@@H](Cc2cc3cc(F)ccc3o2)C1. The molecule has 3 rings (SSSR count). The predicted octanol–water partition coefficient (Wildman–Crippen LogP) is 2.02. The maximum absolute atomic E-state index is 13.1. The molecule has 3 nitrogen and oxygen atoms in total. The summed E-state index contributed by atoms with van der Waals surface area (Å²) in [5.74, 6) is 0.703. The number of furan rings is 1. The van der Waals surface area contributed by atoms with Crippen LogP contribution in [0.2, 0.25) is 0 Å². The van der Waals surface area contributed by atoms with Crippen molar-refractivity contribution in [3.8, 4) is 0 Å². The minimum atomic E-state index is -0.217. The lowest BCUT2D eigenvalue weighted by Gasteiger charge is -2.30. The van der Waals surface area contributed by atoms with Gasteiger partial charge in [-0.05, 0) is 31.3 Å². The predicted molar refractivity (Wildman–Crippen MR) is 69.2 cm³/mol. The van der Waals surface area contributed by atoms with Crippen LogP contribution in [0.5, 0.6) is 0 Å². The highest BCUT2D eigenvalue weighted by molar-refractivity contribution is 5.77. The molecule has 1 aromatic carbocycles. The summed E-state index contributed by atoms with van der Waals surface area (Å²) in [6.45, 7) is 3.11. The summed E-state index contributed by atoms with van der Waals surface area (Å²) in [4.78, 5) is 2.31. The Kier molecular flexibility index (Phi) is 3.06. The topological polar surface area (TPSA) is 28.4 Å². The third-order valence-electron chi connectivity index (χ3n) is 3.44. The van der Waals surface area contributed by atoms with Gasteiger partial charge >= 0.3 is 0 Å². The molecule has 0 amide bonds. The van der Waals surface area contributed by atoms with E-state index in [4.69, 9.17) is 4.42 Å². The Morgan fingerprint density at radius 2 is 2.33 bits per heavy atom. The van der Waals surface area contributed by atoms with Crippen molar-refractivity contribution in [1.82, 2.24) is 10.2 Å². The average molecular weight is 248 g/mol. The van der Waals surface area contributed by atoms with Crippen molar-refractivity contribution in [3.63, 3.8) is 0 Å². The summed E-state index contributed by atoms with van der Waals surface area (Å²) in [6, 6.07) is 6.99. The van der Waals surface area contributed by atoms with E-state index in [1.165, 1.54) is 12.1 Å². The highest BCUT2D eigenvalue weighted by Crippen LogP contribution is 2.21. The van der Waals surface area contributed by atoms with Gasteiger partial charge in [0.25, 0.3) is 0 Å². The van der Waals surface area contributed by atoms with Crippen molar-refractivity contribution < 1.29 is 8.81 Å². The second-order valence-electron chi connectivity index (χ2n) is 5.01. The molecule has 1 aromatic heterocycles. The Morgan fingerprint density at radius 1 is 1.44 bits per heavy atom. The van der Waals surface area contributed by atoms with Crippen LogP contribution in [0.4, 0.5) is 4.39 Å². The van der Waals surface area contributed by atoms with Crippen LogP contribution in [0.25, 0.3) is 11.0 Å². The summed E-state index contributed by atoms with van der Waals surface area (Å²) in [5.41, 5.74) is 0.760. The number of nitrogens with zero attached hydrogens (tertiary/aromatic N) is 1. The van der Waals surface area contributed by atoms with Gasteiger partial charge in [0.2, 0.25) is 0 Å². The van der Waals surface area contributed by atoms with E-state index in [0.29, 0.717) is 6.04 Å². The first-order valence-corrected chi connectivity index (χ1v) is 6.30. The summed E-state index contributed by atoms with van der Waals surface area (Å²) in [7, 11) is 2.13. The standard InChI is InChI=1S/C14H17FN2O/c1-17-5-4-16-12(9-17)8-13-7-10-6-11(15)2-3-14(10)18-13/h2-3,6-7,12,16H,4-5,8-9H2,1H3/t12-/m0/s1. The molecule has 1 fully saturated rings. The van der Waals surface area contributed by atoms with Gasteiger partial charge in [0.05, 0.1) is 0 Å². The van der Waals surface area contributed by atoms with Crippen LogP contribution in [-0.4, -0.2) is 37.6 Å². The number of likely N-dealkylation sites (N-methyl/N-ethyl adjacent to an activating group) is 1. The fraction of sp³-hybridized carbons (Fsp3) is 0.429. The highest BCUT2D eigenvalue weighted by atomic mass is 19.1. The van der Waals surface area contributed by atoms with Gasteiger partial charge in [0.15, 0.2) is 0 Å². The zero-order valence-corrected chi connectivity index (χ0v) is 10.4. The first-order valence-electron chi connectivity index (χ1n) is 6.30. The van der Waals surface area contributed by atoms with Gasteiger partial charge in [0, 0.05) is 37.5 Å². The molecule has 1 saturated heterocycles. The van der Waals surface area contributed by atoms with E-state index >= 15 is 0 Å². The first-order chi connectivity index (χ1) is 8.70. The normalized spacial score (nSPS) is 21.6. The molecule has 2 heterocycles. The monoisotopic (exact) mass is 248 g/mol. The Balaban J connectivity index is 1.78. The summed E-state index contributed by atoms with van der Waals surface area (Å²) >= 11 is 0. The number of fused-ring (bicyclic) bond motifs is 1. The molecule has 1 atom stereocenters. The molecule has 1 aliphatic rings. The molecule has 0 spiro atoms. The van der Waals surface area contributed by atoms with Crippen molar-refractivity contribution in [2.45, 2.75) is 12.5 Å². The minimum absolute atomic E-state index is 0.217. The highest BCUT2D eigenvalue weighted by Gasteiger charge is 2.18. The molecule has 2 aromatic rings. The van der Waals surface area contributed by atoms with Crippen LogP contribution in [0.15, 0.2) is 28.7 Å². The number of rotatable bonds is 2. The average Bonchev–Trinajstić information content (AvgIpc) is 2.70. The smallest absolute Gasteiger partial charge is 0.134 e. The molecule has 1 aliphatic heterocycles. The second-order valence-corrected chi connectivity index (χ2v) is 5.01. The Morgan fingerprint density at radius 3 is 3.17 bits per heavy atom. The van der Waals surface area contributed by atoms with Crippen molar-refractivity contribution in [2.75, 3.05) is 26.7 Å². The molecule has 4 heteroatoms. The molecule has 1 N–H and O–H groups in total. The molecule has 0 unspecified atom stereocenters. The third-order valence-corrected chi connectivity index (χ3v) is 3.44. The van der Waals surface area contributed by atoms with E-state index in [-0.39, 0.29) is 5.82 Å². The van der Waals surface area contributed by atoms with Crippen LogP contribution in [0, 0.1) is 5.82 Å². The summed E-state index contributed by atoms with van der Waals surface area (Å²) < 4.78 is 18.8. The second kappa shape index (κ2) is 4.71. The van der Waals surface area contributed by atoms with Gasteiger partial charge in [-0.3, -0.25) is 0 Å². The lowest BCUT2D eigenvalue weighted by Crippen LogP contribution is -2.49. The van der Waals surface area contributed by atoms with Gasteiger partial charge in [-0.15, -0.1) is 0 Å². The van der Waals surface area contributed by atoms with Crippen molar-refractivity contribution in [1.29, 1.82) is 0 Å². The van der Waals surface area contributed by atoms with E-state index in [1.54, 1.807) is 6.07 Å². The Labute approximate surface area is 106 Å². The molecular weight excluding hydrogens is 231 g/mol. The maximum atomic E-state index is 13.1. The zero-order valence-electron chi connectivity index (χ0n) is 10.4. The van der Waals surface area contributed by atoms with Crippen molar-refractivity contribution in [2.24, 2.45) is 0 Å². The first kappa shape index (κ1) is 11.7. The minimum Gasteiger partial charge on any atom is -0.461 e. The fourth-order valence-electron chi connectivity index (χ4n) is 2.54. The van der Waals surface area contributed by atoms with Gasteiger partial charge in [-0.1, -0.05) is 0 Å². The lowest BCUT2D eigenvalue weighted by atomic mass is 10.1. The van der Waals surface area contributed by atoms with Crippen LogP contribution < -0.4 is 5.32 Å². The largest absolute Gasteiger partial charge is 0.461 e. The van der Waals surface area contributed by atoms with E-state index in [1.807, 2.05) is 6.07 Å². The molecule has 96 valence electrons. The lowest BCUT2D eigenvalue weighted by molar-refractivity contribution is 0.233. The third kappa shape index (κ3) is 2.40. The number of benzene rings is 1. The van der Waals surface area contributed by atoms with E-state index in [2.05, 4.69) is 17.3 Å². The number of halogens is 1. The molecular formula is C14H17FN2O. The van der Waals surface area contributed by atoms with Gasteiger partial charge in [-0.25, -0.2) is 4.39 Å². The van der Waals surface area contributed by atoms with Crippen LogP contribution in [0.3, 0.4) is 0 Å². The van der Waals surface area contributed by atoms with Crippen molar-refractivity contribution >= 4 is 11.0 Å². The van der Waals surface area contributed by atoms with E-state index in [0.717, 1.165) is 42.8 Å². The van der Waals surface area contributed by atoms with Gasteiger partial charge < -0.3 is 14.6 Å². The van der Waals surface area contributed by atoms with Crippen LogP contribution >= 0.6 is 0 Å². The fourth-order valence-corrected chi connectivity index (χ4v) is 2.54. The van der Waals surface area contributed by atoms with Gasteiger partial charge in [0.1, 0.15) is 17.2 Å². The molecule has 18 heavy (non-hydrogen) atoms. The van der Waals surface area contributed by atoms with E-state index < -0.39 is 0 Å². The Bertz CT molecular complexity index is 552. The summed E-state index contributed by atoms with van der Waals surface area (Å²) in [5, 5.41) is 4.32. The molecule has 0 aliphatic carbocycles. The van der Waals surface area contributed by atoms with Crippen molar-refractivity contribution in [3.05, 3.63) is 35.8 Å². The molecule has 0 radical (unpaired) electrons. The molecule has 0 bridgehead atoms. The number of nitrogens with one attached hydrogen (secondary N) is 1. The quantitative estimate of drug-likeness (QED) is 0.881. The summed E-state index contributed by atoms with van der Waals surface area (Å²) in [6.07, 6.45) is 0.848.